The number of aliphatic hydroxyl groups is 1. The number of carbonyl (C=O) groups excluding carboxylic acids is 1. The van der Waals surface area contributed by atoms with Crippen LogP contribution in [0.1, 0.15) is 6.92 Å². The number of ether oxygens (including phenoxy) is 2. The van der Waals surface area contributed by atoms with E-state index in [1.807, 2.05) is 0 Å². The highest BCUT2D eigenvalue weighted by atomic mass is 16.6. The maximum Gasteiger partial charge on any atom is 0.251 e. The molecule has 1 fully saturated rings. The Kier molecular flexibility index (Phi) is 4.14. The second-order valence-corrected chi connectivity index (χ2v) is 3.03. The third-order valence-corrected chi connectivity index (χ3v) is 1.68. The van der Waals surface area contributed by atoms with Crippen molar-refractivity contribution < 1.29 is 19.4 Å². The summed E-state index contributed by atoms with van der Waals surface area (Å²) in [5.74, 6) is -0.222. The summed E-state index contributed by atoms with van der Waals surface area (Å²) in [4.78, 5) is 11.3. The van der Waals surface area contributed by atoms with Crippen LogP contribution in [0.4, 0.5) is 0 Å². The Balaban J connectivity index is 2.21. The maximum absolute atomic E-state index is 11.3. The molecule has 0 aromatic heterocycles. The maximum atomic E-state index is 11.3. The van der Waals surface area contributed by atoms with Crippen LogP contribution in [0.15, 0.2) is 0 Å². The summed E-state index contributed by atoms with van der Waals surface area (Å²) in [6, 6.07) is 0. The fourth-order valence-electron chi connectivity index (χ4n) is 1.00. The summed E-state index contributed by atoms with van der Waals surface area (Å²) < 4.78 is 10.2. The fraction of sp³-hybridized carbons (Fsp3) is 0.875. The molecule has 0 saturated carbocycles. The van der Waals surface area contributed by atoms with Gasteiger partial charge in [-0.05, 0) is 6.92 Å². The van der Waals surface area contributed by atoms with Gasteiger partial charge in [0.2, 0.25) is 0 Å². The summed E-state index contributed by atoms with van der Waals surface area (Å²) >= 11 is 0. The van der Waals surface area contributed by atoms with Crippen molar-refractivity contribution in [2.75, 3.05) is 26.4 Å². The normalized spacial score (nSPS) is 25.2. The highest BCUT2D eigenvalue weighted by Gasteiger charge is 2.22. The Morgan fingerprint density at radius 3 is 3.00 bits per heavy atom. The molecule has 1 aliphatic rings. The Morgan fingerprint density at radius 2 is 2.46 bits per heavy atom. The topological polar surface area (TPSA) is 67.8 Å². The van der Waals surface area contributed by atoms with Crippen LogP contribution in [0, 0.1) is 0 Å². The van der Waals surface area contributed by atoms with Crippen LogP contribution >= 0.6 is 0 Å². The fourth-order valence-corrected chi connectivity index (χ4v) is 1.00. The molecule has 0 aliphatic carbocycles. The smallest absolute Gasteiger partial charge is 0.251 e. The molecular weight excluding hydrogens is 174 g/mol. The van der Waals surface area contributed by atoms with Gasteiger partial charge in [0.05, 0.1) is 25.9 Å². The van der Waals surface area contributed by atoms with Crippen LogP contribution < -0.4 is 5.32 Å². The predicted octanol–water partition coefficient (Wildman–Crippen LogP) is -1.10. The summed E-state index contributed by atoms with van der Waals surface area (Å²) in [6.45, 7) is 3.15. The first-order valence-electron chi connectivity index (χ1n) is 4.35. The molecule has 1 rings (SSSR count). The van der Waals surface area contributed by atoms with Gasteiger partial charge < -0.3 is 19.9 Å². The minimum atomic E-state index is -0.534. The molecule has 2 atom stereocenters. The number of nitrogens with one attached hydrogen (secondary N) is 1. The molecule has 1 saturated heterocycles. The monoisotopic (exact) mass is 189 g/mol. The molecule has 5 heteroatoms. The van der Waals surface area contributed by atoms with Gasteiger partial charge in [-0.15, -0.1) is 0 Å². The standard InChI is InChI=1S/C8H15NO4/c1-6(10)4-9-8(11)7-5-12-2-3-13-7/h6-7,10H,2-5H2,1H3,(H,9,11)/t6-,7?/m0/s1. The van der Waals surface area contributed by atoms with Gasteiger partial charge in [0.25, 0.3) is 5.91 Å². The van der Waals surface area contributed by atoms with Gasteiger partial charge >= 0.3 is 0 Å². The van der Waals surface area contributed by atoms with E-state index in [1.54, 1.807) is 6.92 Å². The SMILES string of the molecule is C[C@H](O)CNC(=O)C1COCCO1. The van der Waals surface area contributed by atoms with E-state index in [0.29, 0.717) is 19.8 Å². The lowest BCUT2D eigenvalue weighted by Gasteiger charge is -2.22. The lowest BCUT2D eigenvalue weighted by Crippen LogP contribution is -2.44. The van der Waals surface area contributed by atoms with Gasteiger partial charge in [-0.2, -0.15) is 0 Å². The number of rotatable bonds is 3. The predicted molar refractivity (Wildman–Crippen MR) is 45.2 cm³/mol. The van der Waals surface area contributed by atoms with Crippen LogP contribution in [0.5, 0.6) is 0 Å². The second kappa shape index (κ2) is 5.16. The molecule has 1 aliphatic heterocycles. The zero-order valence-electron chi connectivity index (χ0n) is 7.66. The van der Waals surface area contributed by atoms with Crippen molar-refractivity contribution in [3.63, 3.8) is 0 Å². The summed E-state index contributed by atoms with van der Waals surface area (Å²) in [7, 11) is 0. The van der Waals surface area contributed by atoms with Gasteiger partial charge in [0, 0.05) is 6.54 Å². The molecule has 0 aromatic carbocycles. The molecular formula is C8H15NO4. The number of carbonyl (C=O) groups is 1. The molecule has 1 heterocycles. The van der Waals surface area contributed by atoms with Crippen molar-refractivity contribution in [3.05, 3.63) is 0 Å². The highest BCUT2D eigenvalue weighted by Crippen LogP contribution is 2.00. The van der Waals surface area contributed by atoms with Gasteiger partial charge in [-0.3, -0.25) is 4.79 Å². The van der Waals surface area contributed by atoms with E-state index in [-0.39, 0.29) is 12.5 Å². The van der Waals surface area contributed by atoms with Crippen molar-refractivity contribution in [1.29, 1.82) is 0 Å². The number of aliphatic hydroxyl groups excluding tert-OH is 1. The van der Waals surface area contributed by atoms with Crippen LogP contribution in [-0.2, 0) is 14.3 Å². The van der Waals surface area contributed by atoms with Crippen LogP contribution in [0.2, 0.25) is 0 Å². The Hall–Kier alpha value is -0.650. The van der Waals surface area contributed by atoms with E-state index in [2.05, 4.69) is 5.32 Å². The zero-order chi connectivity index (χ0) is 9.68. The van der Waals surface area contributed by atoms with Crippen molar-refractivity contribution >= 4 is 5.91 Å². The Labute approximate surface area is 77.0 Å². The van der Waals surface area contributed by atoms with Gasteiger partial charge in [-0.1, -0.05) is 0 Å². The largest absolute Gasteiger partial charge is 0.392 e. The van der Waals surface area contributed by atoms with E-state index < -0.39 is 12.2 Å². The third-order valence-electron chi connectivity index (χ3n) is 1.68. The Bertz CT molecular complexity index is 166. The minimum Gasteiger partial charge on any atom is -0.392 e. The van der Waals surface area contributed by atoms with Crippen molar-refractivity contribution in [3.8, 4) is 0 Å². The van der Waals surface area contributed by atoms with Crippen molar-refractivity contribution in [1.82, 2.24) is 5.32 Å². The third kappa shape index (κ3) is 3.71. The molecule has 0 aromatic rings. The van der Waals surface area contributed by atoms with E-state index in [9.17, 15) is 4.79 Å². The molecule has 0 radical (unpaired) electrons. The van der Waals surface area contributed by atoms with Crippen LogP contribution in [0.25, 0.3) is 0 Å². The van der Waals surface area contributed by atoms with E-state index in [4.69, 9.17) is 14.6 Å². The number of amides is 1. The van der Waals surface area contributed by atoms with Crippen molar-refractivity contribution in [2.24, 2.45) is 0 Å². The molecule has 5 nitrogen and oxygen atoms in total. The quantitative estimate of drug-likeness (QED) is 0.591. The first-order valence-corrected chi connectivity index (χ1v) is 4.35. The van der Waals surface area contributed by atoms with Gasteiger partial charge in [-0.25, -0.2) is 0 Å². The van der Waals surface area contributed by atoms with Crippen LogP contribution in [-0.4, -0.2) is 49.6 Å². The Morgan fingerprint density at radius 1 is 1.69 bits per heavy atom. The molecule has 0 spiro atoms. The van der Waals surface area contributed by atoms with Crippen LogP contribution in [0.3, 0.4) is 0 Å². The second-order valence-electron chi connectivity index (χ2n) is 3.03. The van der Waals surface area contributed by atoms with Gasteiger partial charge in [0.15, 0.2) is 6.10 Å². The molecule has 76 valence electrons. The zero-order valence-corrected chi connectivity index (χ0v) is 7.66. The average Bonchev–Trinajstić information content (AvgIpc) is 2.15. The summed E-state index contributed by atoms with van der Waals surface area (Å²) in [6.07, 6.45) is -1.05. The van der Waals surface area contributed by atoms with E-state index >= 15 is 0 Å². The van der Waals surface area contributed by atoms with Crippen molar-refractivity contribution in [2.45, 2.75) is 19.1 Å². The molecule has 13 heavy (non-hydrogen) atoms. The summed E-state index contributed by atoms with van der Waals surface area (Å²) in [5.41, 5.74) is 0. The first kappa shape index (κ1) is 10.4. The lowest BCUT2D eigenvalue weighted by molar-refractivity contribution is -0.147. The molecule has 2 N–H and O–H groups in total. The average molecular weight is 189 g/mol. The lowest BCUT2D eigenvalue weighted by atomic mass is 10.3. The molecule has 1 amide bonds. The minimum absolute atomic E-state index is 0.222. The highest BCUT2D eigenvalue weighted by molar-refractivity contribution is 5.80. The number of hydrogen-bond donors (Lipinski definition) is 2. The van der Waals surface area contributed by atoms with E-state index in [1.165, 1.54) is 0 Å². The van der Waals surface area contributed by atoms with Gasteiger partial charge in [0.1, 0.15) is 0 Å². The van der Waals surface area contributed by atoms with E-state index in [0.717, 1.165) is 0 Å². The number of hydrogen-bond acceptors (Lipinski definition) is 4. The first-order chi connectivity index (χ1) is 6.20. The molecule has 1 unspecified atom stereocenters. The molecule has 0 bridgehead atoms. The summed E-state index contributed by atoms with van der Waals surface area (Å²) in [5, 5.41) is 11.5.